The highest BCUT2D eigenvalue weighted by Gasteiger charge is 2.22. The maximum Gasteiger partial charge on any atom is 0.236 e. The molecule has 1 atom stereocenters. The summed E-state index contributed by atoms with van der Waals surface area (Å²) in [5, 5.41) is 5.37. The van der Waals surface area contributed by atoms with Gasteiger partial charge in [-0.05, 0) is 30.5 Å². The van der Waals surface area contributed by atoms with Gasteiger partial charge >= 0.3 is 0 Å². The molecule has 0 saturated carbocycles. The molecule has 5 nitrogen and oxygen atoms in total. The van der Waals surface area contributed by atoms with Gasteiger partial charge in [-0.2, -0.15) is 0 Å². The van der Waals surface area contributed by atoms with E-state index in [9.17, 15) is 4.79 Å². The molecule has 1 aromatic heterocycles. The first-order valence-corrected chi connectivity index (χ1v) is 8.44. The molecule has 116 valence electrons. The molecule has 2 aliphatic rings. The highest BCUT2D eigenvalue weighted by atomic mass is 32.1. The molecule has 0 aromatic carbocycles. The summed E-state index contributed by atoms with van der Waals surface area (Å²) in [6, 6.07) is 2.14. The number of ether oxygens (including phenoxy) is 1. The minimum Gasteiger partial charge on any atom is -0.374 e. The van der Waals surface area contributed by atoms with Crippen LogP contribution < -0.4 is 5.32 Å². The fourth-order valence-electron chi connectivity index (χ4n) is 2.90. The summed E-state index contributed by atoms with van der Waals surface area (Å²) >= 11 is 1.80. The third-order valence-corrected chi connectivity index (χ3v) is 5.17. The Hall–Kier alpha value is -0.950. The molecule has 0 aliphatic carbocycles. The van der Waals surface area contributed by atoms with Crippen molar-refractivity contribution in [1.29, 1.82) is 0 Å². The molecular formula is C15H23N3O2S. The number of carbonyl (C=O) groups excluding carboxylic acids is 1. The Balaban J connectivity index is 1.41. The summed E-state index contributed by atoms with van der Waals surface area (Å²) in [5.74, 6) is 0.191. The van der Waals surface area contributed by atoms with Crippen molar-refractivity contribution in [3.8, 4) is 0 Å². The van der Waals surface area contributed by atoms with Crippen LogP contribution in [0, 0.1) is 0 Å². The Morgan fingerprint density at radius 3 is 3.29 bits per heavy atom. The van der Waals surface area contributed by atoms with E-state index in [2.05, 4.69) is 28.7 Å². The molecule has 1 fully saturated rings. The van der Waals surface area contributed by atoms with Crippen LogP contribution in [0.4, 0.5) is 0 Å². The van der Waals surface area contributed by atoms with Crippen LogP contribution in [0.1, 0.15) is 10.4 Å². The van der Waals surface area contributed by atoms with E-state index in [0.29, 0.717) is 6.54 Å². The molecule has 1 N–H and O–H groups in total. The van der Waals surface area contributed by atoms with Crippen LogP contribution in [-0.4, -0.2) is 68.2 Å². The van der Waals surface area contributed by atoms with Gasteiger partial charge in [-0.3, -0.25) is 4.79 Å². The molecule has 0 bridgehead atoms. The highest BCUT2D eigenvalue weighted by Crippen LogP contribution is 2.23. The van der Waals surface area contributed by atoms with Gasteiger partial charge in [0.2, 0.25) is 5.91 Å². The van der Waals surface area contributed by atoms with Crippen LogP contribution in [0.25, 0.3) is 0 Å². The van der Waals surface area contributed by atoms with Gasteiger partial charge in [0, 0.05) is 37.6 Å². The Labute approximate surface area is 129 Å². The van der Waals surface area contributed by atoms with E-state index >= 15 is 0 Å². The first-order chi connectivity index (χ1) is 10.2. The van der Waals surface area contributed by atoms with Crippen molar-refractivity contribution >= 4 is 17.2 Å². The maximum absolute atomic E-state index is 12.3. The fourth-order valence-corrected chi connectivity index (χ4v) is 3.79. The van der Waals surface area contributed by atoms with Crippen molar-refractivity contribution < 1.29 is 9.53 Å². The molecule has 1 saturated heterocycles. The van der Waals surface area contributed by atoms with Crippen LogP contribution in [0.5, 0.6) is 0 Å². The molecule has 3 rings (SSSR count). The predicted molar refractivity (Wildman–Crippen MR) is 83.5 cm³/mol. The summed E-state index contributed by atoms with van der Waals surface area (Å²) in [7, 11) is 2.10. The van der Waals surface area contributed by atoms with Gasteiger partial charge in [0.1, 0.15) is 0 Å². The van der Waals surface area contributed by atoms with Crippen molar-refractivity contribution in [2.24, 2.45) is 0 Å². The average Bonchev–Trinajstić information content (AvgIpc) is 2.94. The van der Waals surface area contributed by atoms with Gasteiger partial charge in [0.05, 0.1) is 19.3 Å². The van der Waals surface area contributed by atoms with Gasteiger partial charge in [-0.25, -0.2) is 0 Å². The highest BCUT2D eigenvalue weighted by molar-refractivity contribution is 7.10. The van der Waals surface area contributed by atoms with E-state index in [1.165, 1.54) is 10.4 Å². The zero-order chi connectivity index (χ0) is 14.7. The van der Waals surface area contributed by atoms with E-state index in [1.807, 2.05) is 4.90 Å². The smallest absolute Gasteiger partial charge is 0.236 e. The van der Waals surface area contributed by atoms with Crippen LogP contribution in [0.2, 0.25) is 0 Å². The van der Waals surface area contributed by atoms with Gasteiger partial charge in [0.25, 0.3) is 0 Å². The summed E-state index contributed by atoms with van der Waals surface area (Å²) in [6.45, 7) is 5.47. The number of hydrogen-bond donors (Lipinski definition) is 1. The second kappa shape index (κ2) is 6.87. The Morgan fingerprint density at radius 2 is 2.43 bits per heavy atom. The van der Waals surface area contributed by atoms with E-state index in [4.69, 9.17) is 4.74 Å². The van der Waals surface area contributed by atoms with E-state index in [1.54, 1.807) is 11.3 Å². The quantitative estimate of drug-likeness (QED) is 0.882. The zero-order valence-electron chi connectivity index (χ0n) is 12.5. The summed E-state index contributed by atoms with van der Waals surface area (Å²) < 4.78 is 5.68. The third kappa shape index (κ3) is 3.83. The lowest BCUT2D eigenvalue weighted by Gasteiger charge is -2.31. The van der Waals surface area contributed by atoms with Gasteiger partial charge in [0.15, 0.2) is 0 Å². The van der Waals surface area contributed by atoms with Crippen molar-refractivity contribution in [2.75, 3.05) is 46.4 Å². The standard InChI is InChI=1S/C15H23N3O2S/c1-17-5-6-20-13(11-17)8-16-9-15(19)18-4-2-14-12(10-18)3-7-21-14/h3,7,13,16H,2,4-6,8-11H2,1H3. The molecule has 1 amide bonds. The Bertz CT molecular complexity index is 491. The predicted octanol–water partition coefficient (Wildman–Crippen LogP) is 0.553. The number of morpholine rings is 1. The molecule has 21 heavy (non-hydrogen) atoms. The van der Waals surface area contributed by atoms with E-state index in [-0.39, 0.29) is 12.0 Å². The number of nitrogens with zero attached hydrogens (tertiary/aromatic N) is 2. The largest absolute Gasteiger partial charge is 0.374 e. The number of thiophene rings is 1. The second-order valence-electron chi connectivity index (χ2n) is 5.82. The lowest BCUT2D eigenvalue weighted by Crippen LogP contribution is -2.47. The first kappa shape index (κ1) is 15.0. The minimum atomic E-state index is 0.191. The molecular weight excluding hydrogens is 286 g/mol. The first-order valence-electron chi connectivity index (χ1n) is 7.56. The third-order valence-electron chi connectivity index (χ3n) is 4.15. The number of amides is 1. The van der Waals surface area contributed by atoms with E-state index in [0.717, 1.165) is 45.8 Å². The summed E-state index contributed by atoms with van der Waals surface area (Å²) in [5.41, 5.74) is 1.32. The molecule has 0 spiro atoms. The normalized spacial score (nSPS) is 23.1. The van der Waals surface area contributed by atoms with Gasteiger partial charge in [-0.15, -0.1) is 11.3 Å². The number of fused-ring (bicyclic) bond motifs is 1. The molecule has 1 aromatic rings. The van der Waals surface area contributed by atoms with Crippen molar-refractivity contribution in [3.05, 3.63) is 21.9 Å². The van der Waals surface area contributed by atoms with Crippen LogP contribution >= 0.6 is 11.3 Å². The van der Waals surface area contributed by atoms with E-state index < -0.39 is 0 Å². The zero-order valence-corrected chi connectivity index (χ0v) is 13.3. The molecule has 0 radical (unpaired) electrons. The number of carbonyl (C=O) groups is 1. The monoisotopic (exact) mass is 309 g/mol. The summed E-state index contributed by atoms with van der Waals surface area (Å²) in [6.07, 6.45) is 1.19. The average molecular weight is 309 g/mol. The Kier molecular flexibility index (Phi) is 4.90. The lowest BCUT2D eigenvalue weighted by atomic mass is 10.1. The molecule has 1 unspecified atom stereocenters. The van der Waals surface area contributed by atoms with Crippen molar-refractivity contribution in [1.82, 2.24) is 15.1 Å². The fraction of sp³-hybridized carbons (Fsp3) is 0.667. The van der Waals surface area contributed by atoms with Crippen LogP contribution in [0.15, 0.2) is 11.4 Å². The second-order valence-corrected chi connectivity index (χ2v) is 6.82. The number of nitrogens with one attached hydrogen (secondary N) is 1. The molecule has 6 heteroatoms. The maximum atomic E-state index is 12.3. The van der Waals surface area contributed by atoms with Crippen molar-refractivity contribution in [3.63, 3.8) is 0 Å². The Morgan fingerprint density at radius 1 is 1.52 bits per heavy atom. The molecule has 3 heterocycles. The number of likely N-dealkylation sites (N-methyl/N-ethyl adjacent to an activating group) is 1. The SMILES string of the molecule is CN1CCOC(CNCC(=O)N2CCc3sccc3C2)C1. The van der Waals surface area contributed by atoms with Crippen LogP contribution in [-0.2, 0) is 22.5 Å². The summed E-state index contributed by atoms with van der Waals surface area (Å²) in [4.78, 5) is 17.9. The topological polar surface area (TPSA) is 44.8 Å². The number of hydrogen-bond acceptors (Lipinski definition) is 5. The van der Waals surface area contributed by atoms with Crippen molar-refractivity contribution in [2.45, 2.75) is 19.1 Å². The lowest BCUT2D eigenvalue weighted by molar-refractivity contribution is -0.131. The number of rotatable bonds is 4. The van der Waals surface area contributed by atoms with Crippen LogP contribution in [0.3, 0.4) is 0 Å². The van der Waals surface area contributed by atoms with Gasteiger partial charge in [-0.1, -0.05) is 0 Å². The molecule has 2 aliphatic heterocycles. The van der Waals surface area contributed by atoms with Gasteiger partial charge < -0.3 is 19.9 Å². The minimum absolute atomic E-state index is 0.191.